The number of aryl methyl sites for hydroxylation is 1. The lowest BCUT2D eigenvalue weighted by molar-refractivity contribution is -0.120. The molecule has 0 bridgehead atoms. The molecule has 0 aliphatic heterocycles. The van der Waals surface area contributed by atoms with Crippen molar-refractivity contribution in [2.75, 3.05) is 25.5 Å². The predicted molar refractivity (Wildman–Crippen MR) is 104 cm³/mol. The highest BCUT2D eigenvalue weighted by atomic mass is 35.5. The Hall–Kier alpha value is -1.75. The Morgan fingerprint density at radius 2 is 1.92 bits per heavy atom. The Balaban J connectivity index is 1.86. The number of hydrogen-bond donors (Lipinski definition) is 1. The summed E-state index contributed by atoms with van der Waals surface area (Å²) in [6, 6.07) is 12.7. The number of likely N-dealkylation sites (N-methyl/N-ethyl adjacent to an activating group) is 1. The second-order valence-corrected chi connectivity index (χ2v) is 6.65. The molecule has 1 atom stereocenters. The van der Waals surface area contributed by atoms with Crippen molar-refractivity contribution < 1.29 is 9.53 Å². The standard InChI is InChI=1S/C19H22Cl2N2O2/c1-13-7-4-5-10-17(13)25-12-11-23(3)14(2)19(24)22-16-9-6-8-15(20)18(16)21/h4-10,14H,11-12H2,1-3H3,(H,22,24). The fourth-order valence-electron chi connectivity index (χ4n) is 2.25. The number of rotatable bonds is 7. The van der Waals surface area contributed by atoms with Crippen LogP contribution >= 0.6 is 23.2 Å². The van der Waals surface area contributed by atoms with Gasteiger partial charge in [0.15, 0.2) is 0 Å². The zero-order chi connectivity index (χ0) is 18.4. The Bertz CT molecular complexity index is 737. The molecule has 1 N–H and O–H groups in total. The number of benzene rings is 2. The van der Waals surface area contributed by atoms with E-state index in [0.717, 1.165) is 11.3 Å². The molecule has 0 saturated carbocycles. The molecule has 0 heterocycles. The van der Waals surface area contributed by atoms with Gasteiger partial charge in [-0.25, -0.2) is 0 Å². The van der Waals surface area contributed by atoms with Gasteiger partial charge in [-0.05, 0) is 44.7 Å². The summed E-state index contributed by atoms with van der Waals surface area (Å²) in [6.45, 7) is 4.95. The summed E-state index contributed by atoms with van der Waals surface area (Å²) < 4.78 is 5.78. The third-order valence-electron chi connectivity index (χ3n) is 4.05. The maximum absolute atomic E-state index is 12.4. The number of para-hydroxylation sites is 1. The van der Waals surface area contributed by atoms with E-state index in [4.69, 9.17) is 27.9 Å². The van der Waals surface area contributed by atoms with Crippen LogP contribution in [0.25, 0.3) is 0 Å². The average molecular weight is 381 g/mol. The van der Waals surface area contributed by atoms with Crippen LogP contribution in [0.3, 0.4) is 0 Å². The van der Waals surface area contributed by atoms with Gasteiger partial charge in [-0.1, -0.05) is 47.5 Å². The highest BCUT2D eigenvalue weighted by Gasteiger charge is 2.19. The Kier molecular flexibility index (Phi) is 7.12. The Morgan fingerprint density at radius 3 is 2.64 bits per heavy atom. The monoisotopic (exact) mass is 380 g/mol. The summed E-state index contributed by atoms with van der Waals surface area (Å²) in [7, 11) is 1.88. The molecule has 2 aromatic rings. The zero-order valence-corrected chi connectivity index (χ0v) is 16.1. The van der Waals surface area contributed by atoms with E-state index in [9.17, 15) is 4.79 Å². The van der Waals surface area contributed by atoms with Crippen molar-refractivity contribution in [1.82, 2.24) is 4.90 Å². The molecule has 0 aromatic heterocycles. The third kappa shape index (κ3) is 5.36. The smallest absolute Gasteiger partial charge is 0.241 e. The van der Waals surface area contributed by atoms with E-state index in [1.54, 1.807) is 18.2 Å². The number of anilines is 1. The fraction of sp³-hybridized carbons (Fsp3) is 0.316. The summed E-state index contributed by atoms with van der Waals surface area (Å²) in [5.74, 6) is 0.710. The number of nitrogens with one attached hydrogen (secondary N) is 1. The second-order valence-electron chi connectivity index (χ2n) is 5.86. The second kappa shape index (κ2) is 9.09. The molecule has 25 heavy (non-hydrogen) atoms. The minimum atomic E-state index is -0.337. The first kappa shape index (κ1) is 19.6. The number of carbonyl (C=O) groups excluding carboxylic acids is 1. The molecule has 0 fully saturated rings. The fourth-order valence-corrected chi connectivity index (χ4v) is 2.60. The van der Waals surface area contributed by atoms with Crippen LogP contribution < -0.4 is 10.1 Å². The van der Waals surface area contributed by atoms with Gasteiger partial charge >= 0.3 is 0 Å². The molecular weight excluding hydrogens is 359 g/mol. The van der Waals surface area contributed by atoms with Crippen LogP contribution in [0.4, 0.5) is 5.69 Å². The first-order valence-electron chi connectivity index (χ1n) is 8.03. The molecule has 2 aromatic carbocycles. The largest absolute Gasteiger partial charge is 0.492 e. The predicted octanol–water partition coefficient (Wildman–Crippen LogP) is 4.64. The molecule has 0 aliphatic rings. The van der Waals surface area contributed by atoms with E-state index >= 15 is 0 Å². The van der Waals surface area contributed by atoms with Crippen molar-refractivity contribution in [3.05, 3.63) is 58.1 Å². The van der Waals surface area contributed by atoms with Crippen LogP contribution in [0.5, 0.6) is 5.75 Å². The first-order chi connectivity index (χ1) is 11.9. The van der Waals surface area contributed by atoms with E-state index in [2.05, 4.69) is 5.32 Å². The van der Waals surface area contributed by atoms with Crippen molar-refractivity contribution in [3.63, 3.8) is 0 Å². The average Bonchev–Trinajstić information content (AvgIpc) is 2.59. The van der Waals surface area contributed by atoms with E-state index in [1.165, 1.54) is 0 Å². The highest BCUT2D eigenvalue weighted by Crippen LogP contribution is 2.29. The first-order valence-corrected chi connectivity index (χ1v) is 8.79. The lowest BCUT2D eigenvalue weighted by atomic mass is 10.2. The van der Waals surface area contributed by atoms with Gasteiger partial charge in [0.25, 0.3) is 0 Å². The summed E-state index contributed by atoms with van der Waals surface area (Å²) in [4.78, 5) is 14.3. The quantitative estimate of drug-likeness (QED) is 0.760. The third-order valence-corrected chi connectivity index (χ3v) is 4.86. The van der Waals surface area contributed by atoms with E-state index < -0.39 is 0 Å². The molecule has 0 aliphatic carbocycles. The van der Waals surface area contributed by atoms with Crippen molar-refractivity contribution in [2.45, 2.75) is 19.9 Å². The van der Waals surface area contributed by atoms with Crippen LogP contribution in [-0.2, 0) is 4.79 Å². The van der Waals surface area contributed by atoms with Crippen LogP contribution in [0.15, 0.2) is 42.5 Å². The van der Waals surface area contributed by atoms with Crippen molar-refractivity contribution >= 4 is 34.8 Å². The molecular formula is C19H22Cl2N2O2. The van der Waals surface area contributed by atoms with Gasteiger partial charge in [0, 0.05) is 6.54 Å². The lowest BCUT2D eigenvalue weighted by Gasteiger charge is -2.24. The molecule has 6 heteroatoms. The molecule has 1 unspecified atom stereocenters. The molecule has 4 nitrogen and oxygen atoms in total. The van der Waals surface area contributed by atoms with E-state index in [-0.39, 0.29) is 11.9 Å². The van der Waals surface area contributed by atoms with Crippen LogP contribution in [0, 0.1) is 6.92 Å². The van der Waals surface area contributed by atoms with Crippen LogP contribution in [0.1, 0.15) is 12.5 Å². The summed E-state index contributed by atoms with van der Waals surface area (Å²) in [5.41, 5.74) is 1.60. The van der Waals surface area contributed by atoms with Gasteiger partial charge in [-0.3, -0.25) is 9.69 Å². The summed E-state index contributed by atoms with van der Waals surface area (Å²) in [5, 5.41) is 3.56. The van der Waals surface area contributed by atoms with Crippen LogP contribution in [-0.4, -0.2) is 37.0 Å². The Labute approximate surface area is 158 Å². The van der Waals surface area contributed by atoms with Crippen molar-refractivity contribution in [1.29, 1.82) is 0 Å². The van der Waals surface area contributed by atoms with E-state index in [1.807, 2.05) is 50.1 Å². The molecule has 1 amide bonds. The summed E-state index contributed by atoms with van der Waals surface area (Å²) in [6.07, 6.45) is 0. The van der Waals surface area contributed by atoms with Crippen molar-refractivity contribution in [3.8, 4) is 5.75 Å². The maximum Gasteiger partial charge on any atom is 0.241 e. The van der Waals surface area contributed by atoms with Gasteiger partial charge in [-0.2, -0.15) is 0 Å². The van der Waals surface area contributed by atoms with Crippen LogP contribution in [0.2, 0.25) is 10.0 Å². The molecule has 0 spiro atoms. The topological polar surface area (TPSA) is 41.6 Å². The normalized spacial score (nSPS) is 12.1. The maximum atomic E-state index is 12.4. The van der Waals surface area contributed by atoms with Gasteiger partial charge in [-0.15, -0.1) is 0 Å². The number of carbonyl (C=O) groups is 1. The van der Waals surface area contributed by atoms with Gasteiger partial charge in [0.05, 0.1) is 21.8 Å². The number of amides is 1. The van der Waals surface area contributed by atoms with E-state index in [0.29, 0.717) is 28.9 Å². The molecule has 0 saturated heterocycles. The van der Waals surface area contributed by atoms with Gasteiger partial charge < -0.3 is 10.1 Å². The highest BCUT2D eigenvalue weighted by molar-refractivity contribution is 6.44. The molecule has 2 rings (SSSR count). The summed E-state index contributed by atoms with van der Waals surface area (Å²) >= 11 is 12.1. The minimum Gasteiger partial charge on any atom is -0.492 e. The molecule has 0 radical (unpaired) electrons. The van der Waals surface area contributed by atoms with Gasteiger partial charge in [0.1, 0.15) is 12.4 Å². The van der Waals surface area contributed by atoms with Crippen molar-refractivity contribution in [2.24, 2.45) is 0 Å². The lowest BCUT2D eigenvalue weighted by Crippen LogP contribution is -2.41. The zero-order valence-electron chi connectivity index (χ0n) is 14.6. The molecule has 134 valence electrons. The minimum absolute atomic E-state index is 0.150. The Morgan fingerprint density at radius 1 is 1.20 bits per heavy atom. The number of hydrogen-bond acceptors (Lipinski definition) is 3. The van der Waals surface area contributed by atoms with Gasteiger partial charge in [0.2, 0.25) is 5.91 Å². The number of ether oxygens (including phenoxy) is 1. The number of halogens is 2. The SMILES string of the molecule is Cc1ccccc1OCCN(C)C(C)C(=O)Nc1cccc(Cl)c1Cl. The number of nitrogens with zero attached hydrogens (tertiary/aromatic N) is 1.